The third kappa shape index (κ3) is 8.50. The first kappa shape index (κ1) is 27.5. The van der Waals surface area contributed by atoms with Crippen molar-refractivity contribution in [2.45, 2.75) is 46.0 Å². The fourth-order valence-corrected chi connectivity index (χ4v) is 3.80. The van der Waals surface area contributed by atoms with Gasteiger partial charge in [0.25, 0.3) is 0 Å². The number of nitriles is 1. The first-order valence-corrected chi connectivity index (χ1v) is 12.8. The number of ether oxygens (including phenoxy) is 3. The van der Waals surface area contributed by atoms with Gasteiger partial charge in [-0.3, -0.25) is 4.79 Å². The maximum absolute atomic E-state index is 12.2. The molecule has 0 aliphatic heterocycles. The molecule has 0 unspecified atom stereocenters. The summed E-state index contributed by atoms with van der Waals surface area (Å²) in [4.78, 5) is 24.3. The summed E-state index contributed by atoms with van der Waals surface area (Å²) in [6.07, 6.45) is 4.15. The molecule has 0 amide bonds. The van der Waals surface area contributed by atoms with Gasteiger partial charge in [0.2, 0.25) is 0 Å². The van der Waals surface area contributed by atoms with Crippen LogP contribution in [0, 0.1) is 11.3 Å². The van der Waals surface area contributed by atoms with Gasteiger partial charge < -0.3 is 14.2 Å². The van der Waals surface area contributed by atoms with Crippen LogP contribution in [0.3, 0.4) is 0 Å². The van der Waals surface area contributed by atoms with Crippen LogP contribution in [-0.4, -0.2) is 31.6 Å². The molecule has 0 saturated carbocycles. The second-order valence-electron chi connectivity index (χ2n) is 8.57. The SMILES string of the molecule is CCOC(=O)c1cc(OCCCCCCOc2ccc(-c3ccc(C#N)cc3)cc2)cc(C(=O)CC)c1. The number of Topliss-reactive ketones (excluding diaryl/α,β-unsaturated/α-hetero) is 1. The summed E-state index contributed by atoms with van der Waals surface area (Å²) in [6.45, 7) is 4.95. The van der Waals surface area contributed by atoms with Gasteiger partial charge in [-0.1, -0.05) is 31.2 Å². The highest BCUT2D eigenvalue weighted by Crippen LogP contribution is 2.23. The highest BCUT2D eigenvalue weighted by Gasteiger charge is 2.13. The van der Waals surface area contributed by atoms with Gasteiger partial charge in [0.05, 0.1) is 37.0 Å². The summed E-state index contributed by atoms with van der Waals surface area (Å²) in [5.74, 6) is 0.844. The quantitative estimate of drug-likeness (QED) is 0.135. The van der Waals surface area contributed by atoms with Gasteiger partial charge in [0.15, 0.2) is 5.78 Å². The molecule has 0 spiro atoms. The first-order chi connectivity index (χ1) is 18.0. The van der Waals surface area contributed by atoms with E-state index in [0.29, 0.717) is 42.1 Å². The Balaban J connectivity index is 1.37. The van der Waals surface area contributed by atoms with E-state index in [1.807, 2.05) is 48.5 Å². The van der Waals surface area contributed by atoms with Crippen LogP contribution in [0.4, 0.5) is 0 Å². The minimum absolute atomic E-state index is 0.0418. The summed E-state index contributed by atoms with van der Waals surface area (Å²) < 4.78 is 16.8. The molecule has 0 aromatic heterocycles. The molecule has 0 N–H and O–H groups in total. The van der Waals surface area contributed by atoms with E-state index in [2.05, 4.69) is 6.07 Å². The molecule has 0 saturated heterocycles. The van der Waals surface area contributed by atoms with Crippen molar-refractivity contribution in [3.05, 3.63) is 83.4 Å². The highest BCUT2D eigenvalue weighted by atomic mass is 16.5. The zero-order valence-electron chi connectivity index (χ0n) is 21.5. The molecule has 6 nitrogen and oxygen atoms in total. The number of carbonyl (C=O) groups is 2. The van der Waals surface area contributed by atoms with Crippen LogP contribution < -0.4 is 9.47 Å². The maximum Gasteiger partial charge on any atom is 0.338 e. The highest BCUT2D eigenvalue weighted by molar-refractivity contribution is 5.99. The first-order valence-electron chi connectivity index (χ1n) is 12.8. The van der Waals surface area contributed by atoms with Crippen molar-refractivity contribution < 1.29 is 23.8 Å². The smallest absolute Gasteiger partial charge is 0.338 e. The minimum Gasteiger partial charge on any atom is -0.494 e. The zero-order valence-corrected chi connectivity index (χ0v) is 21.5. The van der Waals surface area contributed by atoms with Crippen molar-refractivity contribution in [1.82, 2.24) is 0 Å². The average Bonchev–Trinajstić information content (AvgIpc) is 2.94. The standard InChI is InChI=1S/C31H33NO5/c1-3-30(33)26-19-27(31(34)35-4-2)21-29(20-26)37-18-8-6-5-7-17-36-28-15-13-25(14-16-28)24-11-9-23(22-32)10-12-24/h9-16,19-21H,3-8,17-18H2,1-2H3. The Labute approximate surface area is 218 Å². The van der Waals surface area contributed by atoms with Crippen molar-refractivity contribution in [2.75, 3.05) is 19.8 Å². The van der Waals surface area contributed by atoms with Crippen molar-refractivity contribution in [3.8, 4) is 28.7 Å². The lowest BCUT2D eigenvalue weighted by Crippen LogP contribution is -2.08. The summed E-state index contributed by atoms with van der Waals surface area (Å²) in [5.41, 5.74) is 3.59. The van der Waals surface area contributed by atoms with E-state index in [9.17, 15) is 9.59 Å². The van der Waals surface area contributed by atoms with Crippen LogP contribution in [0.2, 0.25) is 0 Å². The zero-order chi connectivity index (χ0) is 26.5. The van der Waals surface area contributed by atoms with Crippen molar-refractivity contribution in [3.63, 3.8) is 0 Å². The van der Waals surface area contributed by atoms with Gasteiger partial charge in [0, 0.05) is 12.0 Å². The molecular formula is C31H33NO5. The van der Waals surface area contributed by atoms with E-state index in [-0.39, 0.29) is 12.4 Å². The Hall–Kier alpha value is -4.11. The van der Waals surface area contributed by atoms with Gasteiger partial charge in [-0.15, -0.1) is 0 Å². The summed E-state index contributed by atoms with van der Waals surface area (Å²) in [6, 6.07) is 22.5. The monoisotopic (exact) mass is 499 g/mol. The number of ketones is 1. The second kappa shape index (κ2) is 14.4. The van der Waals surface area contributed by atoms with Crippen LogP contribution in [0.1, 0.15) is 72.2 Å². The molecule has 0 bridgehead atoms. The lowest BCUT2D eigenvalue weighted by molar-refractivity contribution is 0.0526. The number of hydrogen-bond acceptors (Lipinski definition) is 6. The number of rotatable bonds is 14. The lowest BCUT2D eigenvalue weighted by atomic mass is 10.0. The van der Waals surface area contributed by atoms with Crippen LogP contribution in [0.5, 0.6) is 11.5 Å². The van der Waals surface area contributed by atoms with E-state index in [1.54, 1.807) is 32.0 Å². The largest absolute Gasteiger partial charge is 0.494 e. The van der Waals surface area contributed by atoms with E-state index in [0.717, 1.165) is 42.6 Å². The lowest BCUT2D eigenvalue weighted by Gasteiger charge is -2.11. The van der Waals surface area contributed by atoms with Gasteiger partial charge in [0.1, 0.15) is 11.5 Å². The molecule has 192 valence electrons. The number of hydrogen-bond donors (Lipinski definition) is 0. The molecule has 3 aromatic rings. The molecule has 0 fully saturated rings. The third-order valence-electron chi connectivity index (χ3n) is 5.84. The predicted octanol–water partition coefficient (Wildman–Crippen LogP) is 7.01. The average molecular weight is 500 g/mol. The molecule has 0 heterocycles. The fraction of sp³-hybridized carbons (Fsp3) is 0.323. The van der Waals surface area contributed by atoms with Crippen molar-refractivity contribution in [1.29, 1.82) is 5.26 Å². The Morgan fingerprint density at radius 1 is 0.730 bits per heavy atom. The molecule has 6 heteroatoms. The molecule has 0 atom stereocenters. The number of esters is 1. The van der Waals surface area contributed by atoms with E-state index >= 15 is 0 Å². The van der Waals surface area contributed by atoms with Crippen LogP contribution in [0.15, 0.2) is 66.7 Å². The summed E-state index contributed by atoms with van der Waals surface area (Å²) in [5, 5.41) is 8.92. The molecule has 3 aromatic carbocycles. The number of benzene rings is 3. The normalized spacial score (nSPS) is 10.4. The minimum atomic E-state index is -0.456. The molecule has 3 rings (SSSR count). The predicted molar refractivity (Wildman–Crippen MR) is 143 cm³/mol. The number of unbranched alkanes of at least 4 members (excludes halogenated alkanes) is 3. The Morgan fingerprint density at radius 2 is 1.30 bits per heavy atom. The molecular weight excluding hydrogens is 466 g/mol. The topological polar surface area (TPSA) is 85.6 Å². The molecule has 0 radical (unpaired) electrons. The fourth-order valence-electron chi connectivity index (χ4n) is 3.80. The van der Waals surface area contributed by atoms with E-state index in [4.69, 9.17) is 19.5 Å². The van der Waals surface area contributed by atoms with Gasteiger partial charge in [-0.2, -0.15) is 5.26 Å². The Bertz CT molecular complexity index is 1210. The van der Waals surface area contributed by atoms with Gasteiger partial charge >= 0.3 is 5.97 Å². The number of carbonyl (C=O) groups excluding carboxylic acids is 2. The van der Waals surface area contributed by atoms with E-state index in [1.165, 1.54) is 0 Å². The summed E-state index contributed by atoms with van der Waals surface area (Å²) >= 11 is 0. The molecule has 37 heavy (non-hydrogen) atoms. The van der Waals surface area contributed by atoms with Crippen LogP contribution in [0.25, 0.3) is 11.1 Å². The Morgan fingerprint density at radius 3 is 1.86 bits per heavy atom. The summed E-state index contributed by atoms with van der Waals surface area (Å²) in [7, 11) is 0. The second-order valence-corrected chi connectivity index (χ2v) is 8.57. The van der Waals surface area contributed by atoms with Gasteiger partial charge in [-0.05, 0) is 86.2 Å². The molecule has 0 aliphatic carbocycles. The van der Waals surface area contributed by atoms with E-state index < -0.39 is 5.97 Å². The van der Waals surface area contributed by atoms with Crippen LogP contribution >= 0.6 is 0 Å². The van der Waals surface area contributed by atoms with Crippen molar-refractivity contribution >= 4 is 11.8 Å². The van der Waals surface area contributed by atoms with Crippen molar-refractivity contribution in [2.24, 2.45) is 0 Å². The van der Waals surface area contributed by atoms with Crippen LogP contribution in [-0.2, 0) is 4.74 Å². The van der Waals surface area contributed by atoms with Gasteiger partial charge in [-0.25, -0.2) is 4.79 Å². The molecule has 0 aliphatic rings. The maximum atomic E-state index is 12.2. The number of nitrogens with zero attached hydrogens (tertiary/aromatic N) is 1. The third-order valence-corrected chi connectivity index (χ3v) is 5.84. The Kier molecular flexibility index (Phi) is 10.7.